The van der Waals surface area contributed by atoms with Gasteiger partial charge >= 0.3 is 0 Å². The van der Waals surface area contributed by atoms with Crippen molar-refractivity contribution in [2.75, 3.05) is 6.54 Å². The van der Waals surface area contributed by atoms with Crippen molar-refractivity contribution in [2.45, 2.75) is 43.7 Å². The van der Waals surface area contributed by atoms with Crippen LogP contribution in [0.15, 0.2) is 23.1 Å². The molecule has 0 heterocycles. The third-order valence-electron chi connectivity index (χ3n) is 3.29. The first-order chi connectivity index (χ1) is 9.03. The zero-order chi connectivity index (χ0) is 13.9. The topological polar surface area (TPSA) is 58.2 Å². The van der Waals surface area contributed by atoms with E-state index in [1.54, 1.807) is 6.07 Å². The summed E-state index contributed by atoms with van der Waals surface area (Å²) in [7, 11) is -3.73. The lowest BCUT2D eigenvalue weighted by Crippen LogP contribution is -2.39. The van der Waals surface area contributed by atoms with E-state index in [4.69, 9.17) is 0 Å². The summed E-state index contributed by atoms with van der Waals surface area (Å²) in [6.45, 7) is 3.27. The average molecular weight is 286 g/mol. The van der Waals surface area contributed by atoms with Gasteiger partial charge in [0.15, 0.2) is 0 Å². The monoisotopic (exact) mass is 286 g/mol. The van der Waals surface area contributed by atoms with Crippen LogP contribution >= 0.6 is 0 Å². The number of rotatable bonds is 6. The van der Waals surface area contributed by atoms with Crippen molar-refractivity contribution in [1.82, 2.24) is 10.0 Å². The lowest BCUT2D eigenvalue weighted by Gasteiger charge is -2.26. The molecule has 2 N–H and O–H groups in total. The Hall–Kier alpha value is -0.980. The first-order valence-corrected chi connectivity index (χ1v) is 8.02. The fraction of sp³-hybridized carbons (Fsp3) is 0.538. The van der Waals surface area contributed by atoms with E-state index in [1.807, 2.05) is 6.92 Å². The molecule has 6 heteroatoms. The van der Waals surface area contributed by atoms with Gasteiger partial charge in [0, 0.05) is 12.6 Å². The van der Waals surface area contributed by atoms with E-state index in [0.717, 1.165) is 31.4 Å². The van der Waals surface area contributed by atoms with Crippen molar-refractivity contribution in [2.24, 2.45) is 0 Å². The molecule has 0 bridgehead atoms. The summed E-state index contributed by atoms with van der Waals surface area (Å²) >= 11 is 0. The van der Waals surface area contributed by atoms with E-state index in [0.29, 0.717) is 6.54 Å². The lowest BCUT2D eigenvalue weighted by atomic mass is 9.94. The SMILES string of the molecule is CCNCc1ccc(S(=O)(=O)NC2CCC2)c(F)c1. The highest BCUT2D eigenvalue weighted by Crippen LogP contribution is 2.22. The Labute approximate surface area is 113 Å². The highest BCUT2D eigenvalue weighted by Gasteiger charge is 2.26. The van der Waals surface area contributed by atoms with Crippen LogP contribution in [0.2, 0.25) is 0 Å². The molecule has 1 aliphatic rings. The fourth-order valence-corrected chi connectivity index (χ4v) is 3.31. The average Bonchev–Trinajstić information content (AvgIpc) is 2.31. The van der Waals surface area contributed by atoms with Crippen LogP contribution in [0.25, 0.3) is 0 Å². The maximum absolute atomic E-state index is 13.9. The second-order valence-corrected chi connectivity index (χ2v) is 6.48. The minimum Gasteiger partial charge on any atom is -0.313 e. The molecule has 0 atom stereocenters. The van der Waals surface area contributed by atoms with Crippen LogP contribution in [0, 0.1) is 5.82 Å². The van der Waals surface area contributed by atoms with Crippen molar-refractivity contribution >= 4 is 10.0 Å². The lowest BCUT2D eigenvalue weighted by molar-refractivity contribution is 0.382. The zero-order valence-corrected chi connectivity index (χ0v) is 11.8. The van der Waals surface area contributed by atoms with Crippen LogP contribution < -0.4 is 10.0 Å². The Morgan fingerprint density at radius 2 is 2.11 bits per heavy atom. The van der Waals surface area contributed by atoms with Gasteiger partial charge in [-0.3, -0.25) is 0 Å². The Morgan fingerprint density at radius 3 is 2.63 bits per heavy atom. The van der Waals surface area contributed by atoms with E-state index in [-0.39, 0.29) is 10.9 Å². The standard InChI is InChI=1S/C13H19FN2O2S/c1-2-15-9-10-6-7-13(12(14)8-10)19(17,18)16-11-4-3-5-11/h6-8,11,15-16H,2-5,9H2,1H3. The summed E-state index contributed by atoms with van der Waals surface area (Å²) in [6.07, 6.45) is 2.69. The molecule has 1 saturated carbocycles. The van der Waals surface area contributed by atoms with Crippen molar-refractivity contribution < 1.29 is 12.8 Å². The number of halogens is 1. The summed E-state index contributed by atoms with van der Waals surface area (Å²) in [5.74, 6) is -0.692. The first-order valence-electron chi connectivity index (χ1n) is 6.54. The molecule has 0 amide bonds. The molecule has 0 unspecified atom stereocenters. The second kappa shape index (κ2) is 5.98. The van der Waals surface area contributed by atoms with Crippen LogP contribution in [0.4, 0.5) is 4.39 Å². The van der Waals surface area contributed by atoms with Gasteiger partial charge < -0.3 is 5.32 Å². The summed E-state index contributed by atoms with van der Waals surface area (Å²) < 4.78 is 40.5. The van der Waals surface area contributed by atoms with Gasteiger partial charge in [-0.15, -0.1) is 0 Å². The highest BCUT2D eigenvalue weighted by molar-refractivity contribution is 7.89. The fourth-order valence-electron chi connectivity index (χ4n) is 1.95. The molecule has 1 aromatic rings. The minimum atomic E-state index is -3.73. The van der Waals surface area contributed by atoms with E-state index < -0.39 is 15.8 Å². The van der Waals surface area contributed by atoms with Gasteiger partial charge in [-0.05, 0) is 37.1 Å². The van der Waals surface area contributed by atoms with Crippen molar-refractivity contribution in [1.29, 1.82) is 0 Å². The third kappa shape index (κ3) is 3.52. The molecule has 19 heavy (non-hydrogen) atoms. The molecule has 0 spiro atoms. The van der Waals surface area contributed by atoms with Crippen molar-refractivity contribution in [3.8, 4) is 0 Å². The predicted octanol–water partition coefficient (Wildman–Crippen LogP) is 1.77. The zero-order valence-electron chi connectivity index (χ0n) is 10.9. The number of hydrogen-bond acceptors (Lipinski definition) is 3. The van der Waals surface area contributed by atoms with Crippen LogP contribution in [-0.4, -0.2) is 21.0 Å². The Kier molecular flexibility index (Phi) is 4.54. The number of nitrogens with one attached hydrogen (secondary N) is 2. The van der Waals surface area contributed by atoms with Gasteiger partial charge in [0.2, 0.25) is 10.0 Å². The molecule has 1 fully saturated rings. The van der Waals surface area contributed by atoms with Crippen LogP contribution in [0.5, 0.6) is 0 Å². The molecule has 0 aromatic heterocycles. The van der Waals surface area contributed by atoms with E-state index in [1.165, 1.54) is 12.1 Å². The third-order valence-corrected chi connectivity index (χ3v) is 4.85. The molecule has 2 rings (SSSR count). The van der Waals surface area contributed by atoms with Crippen LogP contribution in [0.1, 0.15) is 31.7 Å². The van der Waals surface area contributed by atoms with Gasteiger partial charge in [-0.2, -0.15) is 0 Å². The van der Waals surface area contributed by atoms with E-state index in [2.05, 4.69) is 10.0 Å². The normalized spacial score (nSPS) is 16.3. The van der Waals surface area contributed by atoms with Crippen LogP contribution in [0.3, 0.4) is 0 Å². The predicted molar refractivity (Wildman–Crippen MR) is 71.7 cm³/mol. The maximum atomic E-state index is 13.9. The van der Waals surface area contributed by atoms with E-state index >= 15 is 0 Å². The summed E-state index contributed by atoms with van der Waals surface area (Å²) in [6, 6.07) is 4.22. The molecule has 106 valence electrons. The summed E-state index contributed by atoms with van der Waals surface area (Å²) in [5, 5.41) is 3.07. The van der Waals surface area contributed by atoms with Gasteiger partial charge in [0.05, 0.1) is 0 Å². The number of sulfonamides is 1. The first kappa shape index (κ1) is 14.4. The quantitative estimate of drug-likeness (QED) is 0.838. The molecular weight excluding hydrogens is 267 g/mol. The Balaban J connectivity index is 2.14. The smallest absolute Gasteiger partial charge is 0.243 e. The molecular formula is C13H19FN2O2S. The Morgan fingerprint density at radius 1 is 1.37 bits per heavy atom. The van der Waals surface area contributed by atoms with Gasteiger partial charge in [0.25, 0.3) is 0 Å². The second-order valence-electron chi connectivity index (χ2n) is 4.79. The van der Waals surface area contributed by atoms with E-state index in [9.17, 15) is 12.8 Å². The van der Waals surface area contributed by atoms with Crippen molar-refractivity contribution in [3.05, 3.63) is 29.6 Å². The summed E-state index contributed by atoms with van der Waals surface area (Å²) in [5.41, 5.74) is 0.738. The Bertz CT molecular complexity index is 542. The minimum absolute atomic E-state index is 0.0363. The molecule has 0 radical (unpaired) electrons. The molecule has 0 aliphatic heterocycles. The molecule has 0 saturated heterocycles. The van der Waals surface area contributed by atoms with Gasteiger partial charge in [0.1, 0.15) is 10.7 Å². The molecule has 1 aromatic carbocycles. The highest BCUT2D eigenvalue weighted by atomic mass is 32.2. The van der Waals surface area contributed by atoms with Crippen molar-refractivity contribution in [3.63, 3.8) is 0 Å². The maximum Gasteiger partial charge on any atom is 0.243 e. The largest absolute Gasteiger partial charge is 0.313 e. The summed E-state index contributed by atoms with van der Waals surface area (Å²) in [4.78, 5) is -0.264. The number of hydrogen-bond donors (Lipinski definition) is 2. The molecule has 4 nitrogen and oxygen atoms in total. The van der Waals surface area contributed by atoms with Gasteiger partial charge in [-0.25, -0.2) is 17.5 Å². The van der Waals surface area contributed by atoms with Gasteiger partial charge in [-0.1, -0.05) is 19.4 Å². The van der Waals surface area contributed by atoms with Crippen LogP contribution in [-0.2, 0) is 16.6 Å². The number of benzene rings is 1. The molecule has 1 aliphatic carbocycles.